The van der Waals surface area contributed by atoms with Crippen LogP contribution >= 0.6 is 11.6 Å². The number of hydrogen-bond donors (Lipinski definition) is 1. The van der Waals surface area contributed by atoms with Gasteiger partial charge in [0, 0.05) is 5.02 Å². The fraction of sp³-hybridized carbons (Fsp3) is 0.125. The van der Waals surface area contributed by atoms with Crippen LogP contribution in [0, 0.1) is 0 Å². The van der Waals surface area contributed by atoms with Gasteiger partial charge in [0.15, 0.2) is 11.8 Å². The number of benzene rings is 2. The van der Waals surface area contributed by atoms with Crippen molar-refractivity contribution in [3.05, 3.63) is 47.5 Å². The first-order chi connectivity index (χ1) is 12.7. The SMILES string of the molecule is CC1=NN(c2ccccc2)C(=O)C1/N=N/c1cc(Cl)cc(S(=O)(=O)[O-])c1O.[Na+]. The van der Waals surface area contributed by atoms with Crippen LogP contribution in [0.15, 0.2) is 62.7 Å². The van der Waals surface area contributed by atoms with Crippen molar-refractivity contribution in [2.45, 2.75) is 17.9 Å². The molecule has 0 saturated heterocycles. The summed E-state index contributed by atoms with van der Waals surface area (Å²) in [7, 11) is -4.97. The summed E-state index contributed by atoms with van der Waals surface area (Å²) >= 11 is 5.77. The van der Waals surface area contributed by atoms with Crippen molar-refractivity contribution in [3.8, 4) is 5.75 Å². The molecule has 12 heteroatoms. The molecule has 0 aromatic heterocycles. The number of hydrazone groups is 1. The molecule has 0 fully saturated rings. The van der Waals surface area contributed by atoms with Crippen LogP contribution in [0.5, 0.6) is 5.75 Å². The number of carbonyl (C=O) groups excluding carboxylic acids is 1. The van der Waals surface area contributed by atoms with E-state index < -0.39 is 32.7 Å². The summed E-state index contributed by atoms with van der Waals surface area (Å²) in [6, 6.07) is 9.55. The molecule has 0 saturated carbocycles. The van der Waals surface area contributed by atoms with E-state index in [-0.39, 0.29) is 40.3 Å². The average molecular weight is 431 g/mol. The molecule has 28 heavy (non-hydrogen) atoms. The van der Waals surface area contributed by atoms with Crippen LogP contribution in [0.2, 0.25) is 5.02 Å². The van der Waals surface area contributed by atoms with Crippen LogP contribution in [0.25, 0.3) is 0 Å². The zero-order valence-corrected chi connectivity index (χ0v) is 18.3. The van der Waals surface area contributed by atoms with Gasteiger partial charge in [-0.05, 0) is 31.2 Å². The van der Waals surface area contributed by atoms with Crippen molar-refractivity contribution in [2.24, 2.45) is 15.3 Å². The molecule has 1 atom stereocenters. The third-order valence-electron chi connectivity index (χ3n) is 3.67. The molecule has 2 aromatic rings. The summed E-state index contributed by atoms with van der Waals surface area (Å²) in [5, 5.41) is 22.7. The van der Waals surface area contributed by atoms with E-state index in [1.807, 2.05) is 0 Å². The predicted octanol–water partition coefficient (Wildman–Crippen LogP) is -0.171. The number of nitrogens with zero attached hydrogens (tertiary/aromatic N) is 4. The number of aromatic hydroxyl groups is 1. The first-order valence-electron chi connectivity index (χ1n) is 7.52. The molecule has 1 aliphatic rings. The third kappa shape index (κ3) is 4.59. The van der Waals surface area contributed by atoms with Crippen molar-refractivity contribution in [1.82, 2.24) is 0 Å². The molecule has 0 aliphatic carbocycles. The molecule has 0 spiro atoms. The molecule has 0 bridgehead atoms. The van der Waals surface area contributed by atoms with Gasteiger partial charge in [-0.15, -0.1) is 0 Å². The largest absolute Gasteiger partial charge is 1.00 e. The Morgan fingerprint density at radius 2 is 1.89 bits per heavy atom. The van der Waals surface area contributed by atoms with Crippen LogP contribution in [0.4, 0.5) is 11.4 Å². The summed E-state index contributed by atoms with van der Waals surface area (Å²) in [5.41, 5.74) is 0.548. The summed E-state index contributed by atoms with van der Waals surface area (Å²) in [4.78, 5) is 11.6. The van der Waals surface area contributed by atoms with Crippen molar-refractivity contribution in [3.63, 3.8) is 0 Å². The van der Waals surface area contributed by atoms with Crippen LogP contribution in [-0.4, -0.2) is 35.7 Å². The summed E-state index contributed by atoms with van der Waals surface area (Å²) in [5.74, 6) is -1.36. The van der Waals surface area contributed by atoms with Crippen LogP contribution < -0.4 is 34.6 Å². The van der Waals surface area contributed by atoms with Gasteiger partial charge in [-0.1, -0.05) is 29.8 Å². The molecule has 1 heterocycles. The molecule has 0 radical (unpaired) electrons. The Kier molecular flexibility index (Phi) is 6.97. The maximum atomic E-state index is 12.5. The second kappa shape index (κ2) is 8.68. The number of halogens is 1. The zero-order valence-electron chi connectivity index (χ0n) is 14.8. The Labute approximate surface area is 187 Å². The summed E-state index contributed by atoms with van der Waals surface area (Å²) < 4.78 is 33.6. The fourth-order valence-corrected chi connectivity index (χ4v) is 3.28. The Hall–Kier alpha value is -1.82. The minimum absolute atomic E-state index is 0. The van der Waals surface area contributed by atoms with Gasteiger partial charge in [0.05, 0.1) is 16.3 Å². The number of carbonyl (C=O) groups is 1. The maximum Gasteiger partial charge on any atom is 1.00 e. The van der Waals surface area contributed by atoms with E-state index in [0.29, 0.717) is 11.4 Å². The van der Waals surface area contributed by atoms with E-state index in [1.165, 1.54) is 5.01 Å². The smallest absolute Gasteiger partial charge is 0.744 e. The Morgan fingerprint density at radius 1 is 1.25 bits per heavy atom. The van der Waals surface area contributed by atoms with Crippen LogP contribution in [0.1, 0.15) is 6.92 Å². The minimum atomic E-state index is -4.97. The number of hydrogen-bond acceptors (Lipinski definition) is 8. The van der Waals surface area contributed by atoms with Gasteiger partial charge in [0.2, 0.25) is 0 Å². The topological polar surface area (TPSA) is 135 Å². The second-order valence-corrected chi connectivity index (χ2v) is 7.36. The molecular weight excluding hydrogens is 419 g/mol. The van der Waals surface area contributed by atoms with Gasteiger partial charge in [-0.3, -0.25) is 4.79 Å². The first kappa shape index (κ1) is 22.5. The van der Waals surface area contributed by atoms with E-state index in [0.717, 1.165) is 12.1 Å². The van der Waals surface area contributed by atoms with E-state index in [1.54, 1.807) is 37.3 Å². The molecule has 2 aromatic carbocycles. The van der Waals surface area contributed by atoms with Crippen molar-refractivity contribution < 1.29 is 52.4 Å². The van der Waals surface area contributed by atoms with Gasteiger partial charge < -0.3 is 9.66 Å². The summed E-state index contributed by atoms with van der Waals surface area (Å²) in [6.07, 6.45) is 0. The number of phenolic OH excluding ortho intramolecular Hbond substituents is 1. The van der Waals surface area contributed by atoms with Crippen molar-refractivity contribution in [2.75, 3.05) is 5.01 Å². The van der Waals surface area contributed by atoms with Crippen molar-refractivity contribution in [1.29, 1.82) is 0 Å². The number of azo groups is 1. The van der Waals surface area contributed by atoms with E-state index >= 15 is 0 Å². The van der Waals surface area contributed by atoms with Crippen LogP contribution in [-0.2, 0) is 14.9 Å². The zero-order chi connectivity index (χ0) is 19.8. The second-order valence-electron chi connectivity index (χ2n) is 5.57. The summed E-state index contributed by atoms with van der Waals surface area (Å²) in [6.45, 7) is 1.58. The normalized spacial score (nSPS) is 17.0. The molecule has 1 amide bonds. The molecule has 9 nitrogen and oxygen atoms in total. The minimum Gasteiger partial charge on any atom is -0.744 e. The van der Waals surface area contributed by atoms with E-state index in [2.05, 4.69) is 15.3 Å². The van der Waals surface area contributed by atoms with Gasteiger partial charge >= 0.3 is 29.6 Å². The number of amides is 1. The Bertz CT molecular complexity index is 1080. The van der Waals surface area contributed by atoms with E-state index in [4.69, 9.17) is 11.6 Å². The molecule has 140 valence electrons. The number of phenols is 1. The van der Waals surface area contributed by atoms with Gasteiger partial charge in [-0.25, -0.2) is 8.42 Å². The standard InChI is InChI=1S/C16H13ClN4O5S.Na/c1-9-14(16(23)21(20-9)11-5-3-2-4-6-11)19-18-12-7-10(17)8-13(15(12)22)27(24,25)26;/h2-8,14,22H,1H3,(H,24,25,26);/q;+1/p-1/b19-18+;. The van der Waals surface area contributed by atoms with Crippen LogP contribution in [0.3, 0.4) is 0 Å². The van der Waals surface area contributed by atoms with Gasteiger partial charge in [0.1, 0.15) is 15.8 Å². The molecule has 1 aliphatic heterocycles. The number of anilines is 1. The number of rotatable bonds is 4. The fourth-order valence-electron chi connectivity index (χ4n) is 2.39. The average Bonchev–Trinajstić information content (AvgIpc) is 2.89. The monoisotopic (exact) mass is 430 g/mol. The van der Waals surface area contributed by atoms with Gasteiger partial charge in [0.25, 0.3) is 5.91 Å². The van der Waals surface area contributed by atoms with Gasteiger partial charge in [-0.2, -0.15) is 20.3 Å². The maximum absolute atomic E-state index is 12.5. The molecule has 3 rings (SSSR count). The Balaban J connectivity index is 0.00000280. The molecule has 1 unspecified atom stereocenters. The third-order valence-corrected chi connectivity index (χ3v) is 4.73. The Morgan fingerprint density at radius 3 is 2.50 bits per heavy atom. The number of para-hydroxylation sites is 1. The quantitative estimate of drug-likeness (QED) is 0.408. The van der Waals surface area contributed by atoms with E-state index in [9.17, 15) is 22.9 Å². The molecule has 1 N–H and O–H groups in total. The first-order valence-corrected chi connectivity index (χ1v) is 9.30. The molecular formula is C16H12ClN4NaO5S. The predicted molar refractivity (Wildman–Crippen MR) is 96.4 cm³/mol. The van der Waals surface area contributed by atoms with Crippen molar-refractivity contribution >= 4 is 44.7 Å².